The summed E-state index contributed by atoms with van der Waals surface area (Å²) >= 11 is 1.53. The van der Waals surface area contributed by atoms with Crippen molar-refractivity contribution in [2.45, 2.75) is 26.5 Å². The maximum Gasteiger partial charge on any atom is 0.186 e. The van der Waals surface area contributed by atoms with Gasteiger partial charge in [0.05, 0.1) is 36.4 Å². The average Bonchev–Trinajstić information content (AvgIpc) is 2.71. The van der Waals surface area contributed by atoms with Crippen molar-refractivity contribution in [3.05, 3.63) is 10.6 Å². The third kappa shape index (κ3) is 3.91. The van der Waals surface area contributed by atoms with Crippen LogP contribution in [0.25, 0.3) is 0 Å². The van der Waals surface area contributed by atoms with E-state index >= 15 is 0 Å². The molecule has 0 aliphatic carbocycles. The van der Waals surface area contributed by atoms with Crippen LogP contribution in [0, 0.1) is 6.92 Å². The quantitative estimate of drug-likeness (QED) is 0.777. The molecule has 0 bridgehead atoms. The van der Waals surface area contributed by atoms with Crippen LogP contribution < -0.4 is 4.90 Å². The van der Waals surface area contributed by atoms with Gasteiger partial charge >= 0.3 is 0 Å². The molecule has 1 atom stereocenters. The molecule has 6 heteroatoms. The molecule has 0 aromatic carbocycles. The Kier molecular flexibility index (Phi) is 6.56. The molecule has 18 heavy (non-hydrogen) atoms. The zero-order valence-corrected chi connectivity index (χ0v) is 12.3. The Morgan fingerprint density at radius 3 is 2.61 bits per heavy atom. The Labute approximate surface area is 112 Å². The van der Waals surface area contributed by atoms with Crippen molar-refractivity contribution in [3.8, 4) is 0 Å². The van der Waals surface area contributed by atoms with Gasteiger partial charge in [-0.05, 0) is 13.8 Å². The summed E-state index contributed by atoms with van der Waals surface area (Å²) < 4.78 is 10.3. The highest BCUT2D eigenvalue weighted by atomic mass is 32.1. The van der Waals surface area contributed by atoms with Crippen molar-refractivity contribution in [2.24, 2.45) is 0 Å². The molecule has 5 nitrogen and oxygen atoms in total. The molecule has 1 aromatic heterocycles. The Morgan fingerprint density at radius 2 is 2.11 bits per heavy atom. The number of thiazole rings is 1. The van der Waals surface area contributed by atoms with Gasteiger partial charge in [0.15, 0.2) is 5.13 Å². The summed E-state index contributed by atoms with van der Waals surface area (Å²) in [5, 5.41) is 10.1. The molecule has 1 rings (SSSR count). The van der Waals surface area contributed by atoms with Gasteiger partial charge in [-0.2, -0.15) is 0 Å². The van der Waals surface area contributed by atoms with Crippen LogP contribution in [0.5, 0.6) is 0 Å². The molecule has 0 saturated carbocycles. The van der Waals surface area contributed by atoms with Crippen LogP contribution in [-0.2, 0) is 16.1 Å². The first-order chi connectivity index (χ1) is 8.63. The predicted molar refractivity (Wildman–Crippen MR) is 73.3 cm³/mol. The lowest BCUT2D eigenvalue weighted by Crippen LogP contribution is -2.38. The van der Waals surface area contributed by atoms with E-state index in [0.717, 1.165) is 22.2 Å². The Morgan fingerprint density at radius 1 is 1.39 bits per heavy atom. The molecule has 1 heterocycles. The van der Waals surface area contributed by atoms with Crippen molar-refractivity contribution in [2.75, 3.05) is 38.9 Å². The molecule has 0 aliphatic heterocycles. The number of aliphatic hydroxyl groups is 1. The van der Waals surface area contributed by atoms with E-state index in [2.05, 4.69) is 16.8 Å². The SMILES string of the molecule is COCCN(c1nc(C)c(CO)s1)C(C)COC. The van der Waals surface area contributed by atoms with Gasteiger partial charge in [0.2, 0.25) is 0 Å². The van der Waals surface area contributed by atoms with Crippen LogP contribution in [0.15, 0.2) is 0 Å². The minimum Gasteiger partial charge on any atom is -0.391 e. The zero-order chi connectivity index (χ0) is 13.5. The number of hydrogen-bond donors (Lipinski definition) is 1. The predicted octanol–water partition coefficient (Wildman–Crippen LogP) is 1.43. The number of nitrogens with zero attached hydrogens (tertiary/aromatic N) is 2. The summed E-state index contributed by atoms with van der Waals surface area (Å²) in [4.78, 5) is 7.58. The number of anilines is 1. The Bertz CT molecular complexity index is 357. The summed E-state index contributed by atoms with van der Waals surface area (Å²) in [5.74, 6) is 0. The second kappa shape index (κ2) is 7.68. The van der Waals surface area contributed by atoms with Crippen LogP contribution in [0.1, 0.15) is 17.5 Å². The van der Waals surface area contributed by atoms with Crippen molar-refractivity contribution in [1.29, 1.82) is 0 Å². The molecule has 0 spiro atoms. The summed E-state index contributed by atoms with van der Waals surface area (Å²) in [6.07, 6.45) is 0. The van der Waals surface area contributed by atoms with Crippen molar-refractivity contribution >= 4 is 16.5 Å². The molecule has 1 unspecified atom stereocenters. The number of ether oxygens (including phenoxy) is 2. The fraction of sp³-hybridized carbons (Fsp3) is 0.750. The average molecular weight is 274 g/mol. The highest BCUT2D eigenvalue weighted by molar-refractivity contribution is 7.15. The number of rotatable bonds is 8. The first kappa shape index (κ1) is 15.4. The van der Waals surface area contributed by atoms with E-state index in [0.29, 0.717) is 13.2 Å². The van der Waals surface area contributed by atoms with E-state index in [1.165, 1.54) is 11.3 Å². The second-order valence-corrected chi connectivity index (χ2v) is 5.22. The van der Waals surface area contributed by atoms with Crippen LogP contribution in [-0.4, -0.2) is 50.1 Å². The lowest BCUT2D eigenvalue weighted by molar-refractivity contribution is 0.171. The normalized spacial score (nSPS) is 12.7. The number of methoxy groups -OCH3 is 2. The molecule has 0 radical (unpaired) electrons. The van der Waals surface area contributed by atoms with Gasteiger partial charge in [-0.25, -0.2) is 4.98 Å². The molecule has 1 aromatic rings. The summed E-state index contributed by atoms with van der Waals surface area (Å²) in [5.41, 5.74) is 0.893. The van der Waals surface area contributed by atoms with Gasteiger partial charge in [0.25, 0.3) is 0 Å². The van der Waals surface area contributed by atoms with E-state index in [9.17, 15) is 5.11 Å². The topological polar surface area (TPSA) is 54.8 Å². The van der Waals surface area contributed by atoms with Crippen LogP contribution in [0.3, 0.4) is 0 Å². The number of aliphatic hydroxyl groups excluding tert-OH is 1. The fourth-order valence-electron chi connectivity index (χ4n) is 1.71. The minimum absolute atomic E-state index is 0.0419. The third-order valence-corrected chi connectivity index (χ3v) is 3.93. The highest BCUT2D eigenvalue weighted by Gasteiger charge is 2.19. The van der Waals surface area contributed by atoms with E-state index < -0.39 is 0 Å². The molecule has 0 fully saturated rings. The molecule has 0 amide bonds. The monoisotopic (exact) mass is 274 g/mol. The zero-order valence-electron chi connectivity index (χ0n) is 11.5. The van der Waals surface area contributed by atoms with Gasteiger partial charge in [0.1, 0.15) is 0 Å². The number of hydrogen-bond acceptors (Lipinski definition) is 6. The van der Waals surface area contributed by atoms with Crippen molar-refractivity contribution in [3.63, 3.8) is 0 Å². The van der Waals surface area contributed by atoms with Gasteiger partial charge < -0.3 is 19.5 Å². The number of aryl methyl sites for hydroxylation is 1. The largest absolute Gasteiger partial charge is 0.391 e. The minimum atomic E-state index is 0.0419. The summed E-state index contributed by atoms with van der Waals surface area (Å²) in [6.45, 7) is 6.09. The fourth-order valence-corrected chi connectivity index (χ4v) is 2.76. The molecular weight excluding hydrogens is 252 g/mol. The maximum atomic E-state index is 9.23. The Balaban J connectivity index is 2.85. The van der Waals surface area contributed by atoms with E-state index in [1.807, 2.05) is 6.92 Å². The van der Waals surface area contributed by atoms with Crippen LogP contribution >= 0.6 is 11.3 Å². The lowest BCUT2D eigenvalue weighted by Gasteiger charge is -2.28. The van der Waals surface area contributed by atoms with Gasteiger partial charge in [-0.15, -0.1) is 0 Å². The van der Waals surface area contributed by atoms with Gasteiger partial charge in [-0.3, -0.25) is 0 Å². The molecule has 1 N–H and O–H groups in total. The van der Waals surface area contributed by atoms with E-state index in [1.54, 1.807) is 14.2 Å². The molecular formula is C12H22N2O3S. The van der Waals surface area contributed by atoms with E-state index in [4.69, 9.17) is 9.47 Å². The van der Waals surface area contributed by atoms with Crippen molar-refractivity contribution in [1.82, 2.24) is 4.98 Å². The summed E-state index contributed by atoms with van der Waals surface area (Å²) in [7, 11) is 3.38. The van der Waals surface area contributed by atoms with Gasteiger partial charge in [-0.1, -0.05) is 11.3 Å². The maximum absolute atomic E-state index is 9.23. The second-order valence-electron chi connectivity index (χ2n) is 4.15. The highest BCUT2D eigenvalue weighted by Crippen LogP contribution is 2.27. The van der Waals surface area contributed by atoms with Crippen LogP contribution in [0.2, 0.25) is 0 Å². The molecule has 0 aliphatic rings. The molecule has 0 saturated heterocycles. The van der Waals surface area contributed by atoms with Crippen LogP contribution in [0.4, 0.5) is 5.13 Å². The van der Waals surface area contributed by atoms with Gasteiger partial charge in [0, 0.05) is 20.8 Å². The first-order valence-corrected chi connectivity index (χ1v) is 6.77. The Hall–Kier alpha value is -0.690. The third-order valence-electron chi connectivity index (χ3n) is 2.75. The number of aromatic nitrogens is 1. The lowest BCUT2D eigenvalue weighted by atomic mass is 10.3. The summed E-state index contributed by atoms with van der Waals surface area (Å²) in [6, 6.07) is 0.224. The van der Waals surface area contributed by atoms with Crippen molar-refractivity contribution < 1.29 is 14.6 Å². The standard InChI is InChI=1S/C12H22N2O3S/c1-9(8-17-4)14(5-6-16-3)12-13-10(2)11(7-15)18-12/h9,15H,5-8H2,1-4H3. The van der Waals surface area contributed by atoms with E-state index in [-0.39, 0.29) is 12.6 Å². The smallest absolute Gasteiger partial charge is 0.186 e. The first-order valence-electron chi connectivity index (χ1n) is 5.95. The molecule has 104 valence electrons.